The Hall–Kier alpha value is -0.120. The third-order valence-corrected chi connectivity index (χ3v) is 9.23. The summed E-state index contributed by atoms with van der Waals surface area (Å²) in [5.41, 5.74) is 1.42. The molecule has 0 radical (unpaired) electrons. The van der Waals surface area contributed by atoms with Crippen LogP contribution in [0.2, 0.25) is 0 Å². The van der Waals surface area contributed by atoms with Gasteiger partial charge in [0.1, 0.15) is 0 Å². The maximum atomic E-state index is 12.1. The van der Waals surface area contributed by atoms with Crippen molar-refractivity contribution in [3.63, 3.8) is 0 Å². The first-order chi connectivity index (χ1) is 11.3. The summed E-state index contributed by atoms with van der Waals surface area (Å²) in [7, 11) is 0. The van der Waals surface area contributed by atoms with E-state index in [-0.39, 0.29) is 16.6 Å². The molecule has 2 nitrogen and oxygen atoms in total. The van der Waals surface area contributed by atoms with Crippen LogP contribution in [-0.4, -0.2) is 17.0 Å². The molecule has 0 saturated heterocycles. The van der Waals surface area contributed by atoms with Crippen molar-refractivity contribution in [2.45, 2.75) is 64.9 Å². The summed E-state index contributed by atoms with van der Waals surface area (Å²) in [6.45, 7) is 4.62. The predicted octanol–water partition coefficient (Wildman–Crippen LogP) is 5.33. The SMILES string of the molecule is C[C@]12CC[C@H]3[C@@H](CCC4=C(Br)C(=O)CC[C@@]43C)[C@@H]1CC=C(Cl)[C@@H]2O. The van der Waals surface area contributed by atoms with Gasteiger partial charge in [0.15, 0.2) is 5.78 Å². The molecule has 0 aromatic carbocycles. The maximum absolute atomic E-state index is 12.1. The Morgan fingerprint density at radius 3 is 2.71 bits per heavy atom. The van der Waals surface area contributed by atoms with E-state index in [0.29, 0.717) is 29.2 Å². The van der Waals surface area contributed by atoms with Crippen LogP contribution in [0, 0.1) is 28.6 Å². The summed E-state index contributed by atoms with van der Waals surface area (Å²) in [5, 5.41) is 11.4. The number of Topliss-reactive ketones (excluding diaryl/α,β-unsaturated/α-hetero) is 1. The first-order valence-electron chi connectivity index (χ1n) is 9.25. The number of aliphatic hydroxyl groups excluding tert-OH is 1. The average molecular weight is 414 g/mol. The quantitative estimate of drug-likeness (QED) is 0.582. The standard InChI is InChI=1S/C20H26BrClO2/c1-19-10-8-16(23)17(21)14(19)4-3-11-12-5-6-15(22)18(24)20(12,2)9-7-13(11)19/h6,11-13,18,24H,3-5,7-10H2,1-2H3/t11-,12-,13-,18-,19+,20-/m0/s1. The van der Waals surface area contributed by atoms with E-state index in [2.05, 4.69) is 35.9 Å². The Morgan fingerprint density at radius 1 is 1.21 bits per heavy atom. The first kappa shape index (κ1) is 17.3. The van der Waals surface area contributed by atoms with E-state index in [4.69, 9.17) is 11.6 Å². The van der Waals surface area contributed by atoms with E-state index < -0.39 is 6.10 Å². The zero-order chi connectivity index (χ0) is 17.3. The number of carbonyl (C=O) groups is 1. The molecule has 24 heavy (non-hydrogen) atoms. The van der Waals surface area contributed by atoms with Gasteiger partial charge in [-0.3, -0.25) is 4.79 Å². The van der Waals surface area contributed by atoms with Crippen LogP contribution in [0.1, 0.15) is 58.8 Å². The lowest BCUT2D eigenvalue weighted by Crippen LogP contribution is -2.55. The van der Waals surface area contributed by atoms with E-state index in [0.717, 1.165) is 43.0 Å². The number of hydrogen-bond acceptors (Lipinski definition) is 2. The van der Waals surface area contributed by atoms with Crippen LogP contribution in [0.25, 0.3) is 0 Å². The highest BCUT2D eigenvalue weighted by molar-refractivity contribution is 9.12. The van der Waals surface area contributed by atoms with Crippen LogP contribution in [0.5, 0.6) is 0 Å². The second-order valence-corrected chi connectivity index (χ2v) is 10.0. The van der Waals surface area contributed by atoms with Crippen molar-refractivity contribution in [2.24, 2.45) is 28.6 Å². The van der Waals surface area contributed by atoms with Gasteiger partial charge in [-0.2, -0.15) is 0 Å². The third kappa shape index (κ3) is 2.20. The summed E-state index contributed by atoms with van der Waals surface area (Å²) < 4.78 is 0.870. The zero-order valence-electron chi connectivity index (χ0n) is 14.4. The van der Waals surface area contributed by atoms with Crippen LogP contribution in [-0.2, 0) is 4.79 Å². The fourth-order valence-corrected chi connectivity index (χ4v) is 7.63. The van der Waals surface area contributed by atoms with Crippen molar-refractivity contribution in [2.75, 3.05) is 0 Å². The van der Waals surface area contributed by atoms with Gasteiger partial charge in [0.25, 0.3) is 0 Å². The minimum Gasteiger partial charge on any atom is -0.387 e. The number of ketones is 1. The Balaban J connectivity index is 1.73. The summed E-state index contributed by atoms with van der Waals surface area (Å²) >= 11 is 9.89. The van der Waals surface area contributed by atoms with Gasteiger partial charge >= 0.3 is 0 Å². The van der Waals surface area contributed by atoms with Crippen LogP contribution in [0.3, 0.4) is 0 Å². The molecule has 132 valence electrons. The van der Waals surface area contributed by atoms with Gasteiger partial charge in [-0.05, 0) is 83.2 Å². The summed E-state index contributed by atoms with van der Waals surface area (Å²) in [6.07, 6.45) is 8.49. The average Bonchev–Trinajstić information content (AvgIpc) is 2.55. The molecule has 0 bridgehead atoms. The molecule has 0 heterocycles. The highest BCUT2D eigenvalue weighted by atomic mass is 79.9. The van der Waals surface area contributed by atoms with Crippen LogP contribution in [0.15, 0.2) is 21.2 Å². The van der Waals surface area contributed by atoms with Gasteiger partial charge in [0, 0.05) is 16.9 Å². The van der Waals surface area contributed by atoms with Gasteiger partial charge in [0.2, 0.25) is 0 Å². The monoisotopic (exact) mass is 412 g/mol. The van der Waals surface area contributed by atoms with Gasteiger partial charge in [0.05, 0.1) is 10.6 Å². The second kappa shape index (κ2) is 5.69. The summed E-state index contributed by atoms with van der Waals surface area (Å²) in [6, 6.07) is 0. The molecule has 6 atom stereocenters. The van der Waals surface area contributed by atoms with Crippen molar-refractivity contribution >= 4 is 33.3 Å². The summed E-state index contributed by atoms with van der Waals surface area (Å²) in [4.78, 5) is 12.1. The highest BCUT2D eigenvalue weighted by Gasteiger charge is 2.58. The molecule has 0 spiro atoms. The molecule has 0 aliphatic heterocycles. The molecule has 0 amide bonds. The predicted molar refractivity (Wildman–Crippen MR) is 99.9 cm³/mol. The number of aliphatic hydroxyl groups is 1. The van der Waals surface area contributed by atoms with Crippen molar-refractivity contribution in [1.29, 1.82) is 0 Å². The smallest absolute Gasteiger partial charge is 0.169 e. The molecule has 4 aliphatic rings. The molecule has 0 aromatic heterocycles. The molecule has 2 saturated carbocycles. The number of carbonyl (C=O) groups excluding carboxylic acids is 1. The van der Waals surface area contributed by atoms with E-state index in [9.17, 15) is 9.90 Å². The minimum atomic E-state index is -0.511. The maximum Gasteiger partial charge on any atom is 0.169 e. The van der Waals surface area contributed by atoms with Gasteiger partial charge < -0.3 is 5.11 Å². The minimum absolute atomic E-state index is 0.0910. The number of fused-ring (bicyclic) bond motifs is 5. The largest absolute Gasteiger partial charge is 0.387 e. The van der Waals surface area contributed by atoms with E-state index in [1.54, 1.807) is 0 Å². The number of allylic oxidation sites excluding steroid dienone is 3. The van der Waals surface area contributed by atoms with E-state index in [1.807, 2.05) is 0 Å². The molecular formula is C20H26BrClO2. The van der Waals surface area contributed by atoms with Gasteiger partial charge in [-0.25, -0.2) is 0 Å². The second-order valence-electron chi connectivity index (χ2n) is 8.82. The van der Waals surface area contributed by atoms with Crippen LogP contribution < -0.4 is 0 Å². The van der Waals surface area contributed by atoms with Crippen LogP contribution >= 0.6 is 27.5 Å². The molecule has 1 N–H and O–H groups in total. The molecule has 4 rings (SSSR count). The molecule has 2 fully saturated rings. The number of hydrogen-bond donors (Lipinski definition) is 1. The van der Waals surface area contributed by atoms with Crippen LogP contribution in [0.4, 0.5) is 0 Å². The van der Waals surface area contributed by atoms with E-state index >= 15 is 0 Å². The topological polar surface area (TPSA) is 37.3 Å². The van der Waals surface area contributed by atoms with Crippen molar-refractivity contribution in [3.05, 3.63) is 21.2 Å². The van der Waals surface area contributed by atoms with Gasteiger partial charge in [-0.1, -0.05) is 31.5 Å². The lowest BCUT2D eigenvalue weighted by atomic mass is 9.45. The zero-order valence-corrected chi connectivity index (χ0v) is 16.8. The van der Waals surface area contributed by atoms with Gasteiger partial charge in [-0.15, -0.1) is 0 Å². The Labute approximate surface area is 157 Å². The number of halogens is 2. The van der Waals surface area contributed by atoms with Crippen molar-refractivity contribution < 1.29 is 9.90 Å². The molecular weight excluding hydrogens is 388 g/mol. The fourth-order valence-electron chi connectivity index (χ4n) is 6.45. The molecule has 0 unspecified atom stereocenters. The summed E-state index contributed by atoms with van der Waals surface area (Å²) in [5.74, 6) is 2.03. The lowest BCUT2D eigenvalue weighted by Gasteiger charge is -2.60. The molecule has 4 heteroatoms. The normalized spacial score (nSPS) is 48.4. The lowest BCUT2D eigenvalue weighted by molar-refractivity contribution is -0.120. The molecule has 4 aliphatic carbocycles. The number of rotatable bonds is 0. The molecule has 0 aromatic rings. The first-order valence-corrected chi connectivity index (χ1v) is 10.4. The Bertz CT molecular complexity index is 654. The third-order valence-electron chi connectivity index (χ3n) is 7.94. The van der Waals surface area contributed by atoms with Crippen molar-refractivity contribution in [1.82, 2.24) is 0 Å². The highest BCUT2D eigenvalue weighted by Crippen LogP contribution is 2.65. The fraction of sp³-hybridized carbons (Fsp3) is 0.750. The Morgan fingerprint density at radius 2 is 1.96 bits per heavy atom. The Kier molecular flexibility index (Phi) is 4.10. The van der Waals surface area contributed by atoms with E-state index in [1.165, 1.54) is 5.57 Å². The van der Waals surface area contributed by atoms with Crippen molar-refractivity contribution in [3.8, 4) is 0 Å².